The van der Waals surface area contributed by atoms with E-state index < -0.39 is 22.6 Å². The zero-order valence-electron chi connectivity index (χ0n) is 11.6. The van der Waals surface area contributed by atoms with Gasteiger partial charge in [-0.2, -0.15) is 13.9 Å². The Bertz CT molecular complexity index is 818. The quantitative estimate of drug-likeness (QED) is 0.820. The molecule has 0 amide bonds. The van der Waals surface area contributed by atoms with Crippen molar-refractivity contribution in [2.75, 3.05) is 4.72 Å². The van der Waals surface area contributed by atoms with E-state index in [-0.39, 0.29) is 22.2 Å². The van der Waals surface area contributed by atoms with Crippen LogP contribution in [-0.4, -0.2) is 35.9 Å². The summed E-state index contributed by atoms with van der Waals surface area (Å²) in [5.41, 5.74) is -0.0746. The van der Waals surface area contributed by atoms with E-state index in [1.165, 1.54) is 7.05 Å². The average Bonchev–Trinajstić information content (AvgIpc) is 2.77. The number of benzene rings is 1. The Balaban J connectivity index is 2.22. The van der Waals surface area contributed by atoms with E-state index in [0.29, 0.717) is 0 Å². The van der Waals surface area contributed by atoms with Crippen molar-refractivity contribution < 1.29 is 31.8 Å². The Kier molecular flexibility index (Phi) is 4.50. The highest BCUT2D eigenvalue weighted by Gasteiger charge is 2.18. The number of aryl methyl sites for hydroxylation is 1. The van der Waals surface area contributed by atoms with Crippen molar-refractivity contribution in [1.29, 1.82) is 0 Å². The summed E-state index contributed by atoms with van der Waals surface area (Å²) in [5, 5.41) is 12.5. The molecular weight excluding hydrogens is 336 g/mol. The zero-order chi connectivity index (χ0) is 17.2. The summed E-state index contributed by atoms with van der Waals surface area (Å²) in [6.45, 7) is -3.07. The average molecular weight is 347 g/mol. The molecule has 0 atom stereocenters. The van der Waals surface area contributed by atoms with Crippen molar-refractivity contribution in [2.45, 2.75) is 11.5 Å². The monoisotopic (exact) mass is 347 g/mol. The Hall–Kier alpha value is -2.69. The van der Waals surface area contributed by atoms with E-state index in [1.54, 1.807) is 0 Å². The fraction of sp³-hybridized carbons (Fsp3) is 0.167. The van der Waals surface area contributed by atoms with Gasteiger partial charge in [-0.05, 0) is 24.3 Å². The second-order valence-corrected chi connectivity index (χ2v) is 5.99. The zero-order valence-corrected chi connectivity index (χ0v) is 12.4. The molecule has 2 aromatic rings. The lowest BCUT2D eigenvalue weighted by Gasteiger charge is -2.05. The van der Waals surface area contributed by atoms with E-state index in [2.05, 4.69) is 14.6 Å². The fourth-order valence-corrected chi connectivity index (χ4v) is 2.66. The molecule has 0 spiro atoms. The summed E-state index contributed by atoms with van der Waals surface area (Å²) in [4.78, 5) is 10.5. The third-order valence-electron chi connectivity index (χ3n) is 2.70. The maximum absolute atomic E-state index is 12.2. The SMILES string of the molecule is Cn1nc(NS(=O)(=O)c2ccc(C(=O)O)cc2)cc1OC(F)F. The number of sulfonamides is 1. The molecule has 23 heavy (non-hydrogen) atoms. The van der Waals surface area contributed by atoms with Gasteiger partial charge >= 0.3 is 12.6 Å². The summed E-state index contributed by atoms with van der Waals surface area (Å²) in [6, 6.07) is 5.45. The third kappa shape index (κ3) is 3.94. The van der Waals surface area contributed by atoms with Gasteiger partial charge in [0, 0.05) is 13.1 Å². The molecule has 2 rings (SSSR count). The Morgan fingerprint density at radius 2 is 1.96 bits per heavy atom. The first-order valence-corrected chi connectivity index (χ1v) is 7.52. The second kappa shape index (κ2) is 6.20. The van der Waals surface area contributed by atoms with Crippen molar-refractivity contribution in [3.8, 4) is 5.88 Å². The van der Waals surface area contributed by atoms with Crippen LogP contribution < -0.4 is 9.46 Å². The molecule has 0 saturated carbocycles. The van der Waals surface area contributed by atoms with Gasteiger partial charge in [-0.3, -0.25) is 4.72 Å². The van der Waals surface area contributed by atoms with Crippen molar-refractivity contribution in [2.24, 2.45) is 7.05 Å². The summed E-state index contributed by atoms with van der Waals surface area (Å²) >= 11 is 0. The molecule has 0 aliphatic rings. The van der Waals surface area contributed by atoms with E-state index in [0.717, 1.165) is 35.0 Å². The highest BCUT2D eigenvalue weighted by atomic mass is 32.2. The second-order valence-electron chi connectivity index (χ2n) is 4.30. The molecule has 0 radical (unpaired) electrons. The summed E-state index contributed by atoms with van der Waals surface area (Å²) < 4.78 is 55.8. The van der Waals surface area contributed by atoms with Crippen LogP contribution in [0.5, 0.6) is 5.88 Å². The molecule has 1 heterocycles. The van der Waals surface area contributed by atoms with Crippen LogP contribution in [0.1, 0.15) is 10.4 Å². The van der Waals surface area contributed by atoms with E-state index in [1.807, 2.05) is 0 Å². The number of carbonyl (C=O) groups is 1. The van der Waals surface area contributed by atoms with Crippen molar-refractivity contribution >= 4 is 21.8 Å². The molecule has 0 bridgehead atoms. The van der Waals surface area contributed by atoms with Gasteiger partial charge in [0.2, 0.25) is 5.88 Å². The highest BCUT2D eigenvalue weighted by molar-refractivity contribution is 7.92. The predicted molar refractivity (Wildman–Crippen MR) is 74.0 cm³/mol. The van der Waals surface area contributed by atoms with Gasteiger partial charge in [-0.15, -0.1) is 0 Å². The maximum atomic E-state index is 12.2. The molecular formula is C12H11F2N3O5S. The first-order chi connectivity index (χ1) is 10.7. The maximum Gasteiger partial charge on any atom is 0.388 e. The van der Waals surface area contributed by atoms with Crippen LogP contribution in [0, 0.1) is 0 Å². The molecule has 8 nitrogen and oxygen atoms in total. The number of aromatic carboxylic acids is 1. The highest BCUT2D eigenvalue weighted by Crippen LogP contribution is 2.21. The Labute approximate surface area is 129 Å². The van der Waals surface area contributed by atoms with Gasteiger partial charge < -0.3 is 9.84 Å². The van der Waals surface area contributed by atoms with Gasteiger partial charge in [0.15, 0.2) is 5.82 Å². The smallest absolute Gasteiger partial charge is 0.388 e. The standard InChI is InChI=1S/C12H11F2N3O5S/c1-17-10(22-12(13)14)6-9(15-17)16-23(20,21)8-4-2-7(3-5-8)11(18)19/h2-6,12H,1H3,(H,15,16)(H,18,19). The number of alkyl halides is 2. The van der Waals surface area contributed by atoms with Gasteiger partial charge in [0.25, 0.3) is 10.0 Å². The van der Waals surface area contributed by atoms with Gasteiger partial charge in [0.1, 0.15) is 0 Å². The number of carboxylic acid groups (broad SMARTS) is 1. The number of carboxylic acids is 1. The van der Waals surface area contributed by atoms with Crippen LogP contribution in [-0.2, 0) is 17.1 Å². The van der Waals surface area contributed by atoms with Crippen LogP contribution in [0.25, 0.3) is 0 Å². The van der Waals surface area contributed by atoms with E-state index >= 15 is 0 Å². The number of halogens is 2. The molecule has 124 valence electrons. The molecule has 2 N–H and O–H groups in total. The molecule has 11 heteroatoms. The van der Waals surface area contributed by atoms with E-state index in [9.17, 15) is 22.0 Å². The summed E-state index contributed by atoms with van der Waals surface area (Å²) in [5.74, 6) is -1.73. The van der Waals surface area contributed by atoms with Crippen LogP contribution in [0.15, 0.2) is 35.2 Å². The third-order valence-corrected chi connectivity index (χ3v) is 4.07. The summed E-state index contributed by atoms with van der Waals surface area (Å²) in [6.07, 6.45) is 0. The molecule has 0 unspecified atom stereocenters. The minimum atomic E-state index is -4.05. The summed E-state index contributed by atoms with van der Waals surface area (Å²) in [7, 11) is -2.75. The minimum Gasteiger partial charge on any atom is -0.478 e. The number of anilines is 1. The number of hydrogen-bond acceptors (Lipinski definition) is 5. The number of rotatable bonds is 6. The first kappa shape index (κ1) is 16.7. The topological polar surface area (TPSA) is 111 Å². The van der Waals surface area contributed by atoms with Crippen molar-refractivity contribution in [3.63, 3.8) is 0 Å². The van der Waals surface area contributed by atoms with Gasteiger partial charge in [-0.25, -0.2) is 17.9 Å². The molecule has 0 fully saturated rings. The molecule has 1 aromatic carbocycles. The number of nitrogens with one attached hydrogen (secondary N) is 1. The normalized spacial score (nSPS) is 11.5. The largest absolute Gasteiger partial charge is 0.478 e. The lowest BCUT2D eigenvalue weighted by atomic mass is 10.2. The first-order valence-electron chi connectivity index (χ1n) is 6.04. The Morgan fingerprint density at radius 3 is 2.48 bits per heavy atom. The Morgan fingerprint density at radius 1 is 1.35 bits per heavy atom. The van der Waals surface area contributed by atoms with Crippen molar-refractivity contribution in [1.82, 2.24) is 9.78 Å². The number of nitrogens with zero attached hydrogens (tertiary/aromatic N) is 2. The van der Waals surface area contributed by atoms with Crippen LogP contribution >= 0.6 is 0 Å². The number of ether oxygens (including phenoxy) is 1. The number of hydrogen-bond donors (Lipinski definition) is 2. The van der Waals surface area contributed by atoms with E-state index in [4.69, 9.17) is 5.11 Å². The lowest BCUT2D eigenvalue weighted by Crippen LogP contribution is -2.13. The number of aromatic nitrogens is 2. The molecule has 0 saturated heterocycles. The van der Waals surface area contributed by atoms with Gasteiger partial charge in [0.05, 0.1) is 10.5 Å². The van der Waals surface area contributed by atoms with Crippen LogP contribution in [0.4, 0.5) is 14.6 Å². The minimum absolute atomic E-state index is 0.0746. The van der Waals surface area contributed by atoms with Crippen molar-refractivity contribution in [3.05, 3.63) is 35.9 Å². The predicted octanol–water partition coefficient (Wildman–Crippen LogP) is 1.52. The molecule has 1 aromatic heterocycles. The van der Waals surface area contributed by atoms with Gasteiger partial charge in [-0.1, -0.05) is 0 Å². The lowest BCUT2D eigenvalue weighted by molar-refractivity contribution is -0.0553. The fourth-order valence-electron chi connectivity index (χ4n) is 1.67. The van der Waals surface area contributed by atoms with Crippen LogP contribution in [0.2, 0.25) is 0 Å². The molecule has 0 aliphatic heterocycles. The molecule has 0 aliphatic carbocycles. The van der Waals surface area contributed by atoms with Crippen LogP contribution in [0.3, 0.4) is 0 Å².